The van der Waals surface area contributed by atoms with Gasteiger partial charge in [-0.15, -0.1) is 0 Å². The van der Waals surface area contributed by atoms with Crippen molar-refractivity contribution in [3.8, 4) is 0 Å². The minimum atomic E-state index is -0.108. The average Bonchev–Trinajstić information content (AvgIpc) is 2.93. The van der Waals surface area contributed by atoms with Gasteiger partial charge < -0.3 is 14.8 Å². The van der Waals surface area contributed by atoms with E-state index in [2.05, 4.69) is 10.2 Å². The van der Waals surface area contributed by atoms with Crippen LogP contribution in [0, 0.1) is 11.8 Å². The molecule has 0 radical (unpaired) electrons. The molecule has 1 amide bonds. The number of amides is 1. The monoisotopic (exact) mass is 294 g/mol. The second-order valence-corrected chi connectivity index (χ2v) is 5.88. The Balaban J connectivity index is 1.73. The van der Waals surface area contributed by atoms with Gasteiger partial charge in [0.05, 0.1) is 19.4 Å². The Hall–Kier alpha value is -1.33. The van der Waals surface area contributed by atoms with Crippen molar-refractivity contribution >= 4 is 5.91 Å². The number of hydrogen-bond acceptors (Lipinski definition) is 4. The summed E-state index contributed by atoms with van der Waals surface area (Å²) >= 11 is 0. The fraction of sp³-hybridized carbons (Fsp3) is 0.688. The van der Waals surface area contributed by atoms with Gasteiger partial charge in [0, 0.05) is 31.7 Å². The largest absolute Gasteiger partial charge is 0.500 e. The van der Waals surface area contributed by atoms with Crippen LogP contribution in [0.2, 0.25) is 0 Å². The number of nitrogens with one attached hydrogen (secondary N) is 1. The zero-order valence-corrected chi connectivity index (χ0v) is 13.2. The number of ether oxygens (including phenoxy) is 2. The maximum absolute atomic E-state index is 11.8. The number of fused-ring (bicyclic) bond motifs is 1. The topological polar surface area (TPSA) is 50.8 Å². The molecule has 2 fully saturated rings. The summed E-state index contributed by atoms with van der Waals surface area (Å²) in [6, 6.07) is 0. The van der Waals surface area contributed by atoms with Crippen LogP contribution in [0.1, 0.15) is 20.3 Å². The molecule has 0 aromatic rings. The third-order valence-corrected chi connectivity index (χ3v) is 4.42. The molecular formula is C16H26N2O3. The van der Waals surface area contributed by atoms with E-state index < -0.39 is 0 Å². The van der Waals surface area contributed by atoms with Crippen LogP contribution < -0.4 is 5.32 Å². The lowest BCUT2D eigenvalue weighted by Crippen LogP contribution is -2.40. The fourth-order valence-electron chi connectivity index (χ4n) is 2.88. The molecule has 2 aliphatic rings. The SMILES string of the molecule is COC(C)=C(C)NC(=O)C=CCN1CCC2COCC2C1. The van der Waals surface area contributed by atoms with Crippen molar-refractivity contribution in [1.82, 2.24) is 10.2 Å². The molecule has 2 unspecified atom stereocenters. The molecule has 2 atom stereocenters. The highest BCUT2D eigenvalue weighted by Crippen LogP contribution is 2.28. The highest BCUT2D eigenvalue weighted by atomic mass is 16.5. The minimum absolute atomic E-state index is 0.108. The van der Waals surface area contributed by atoms with Crippen molar-refractivity contribution < 1.29 is 14.3 Å². The van der Waals surface area contributed by atoms with Crippen LogP contribution in [0.3, 0.4) is 0 Å². The van der Waals surface area contributed by atoms with Gasteiger partial charge in [0.2, 0.25) is 5.91 Å². The average molecular weight is 294 g/mol. The van der Waals surface area contributed by atoms with E-state index in [9.17, 15) is 4.79 Å². The van der Waals surface area contributed by atoms with Crippen LogP contribution in [0.15, 0.2) is 23.6 Å². The van der Waals surface area contributed by atoms with E-state index in [1.54, 1.807) is 13.2 Å². The smallest absolute Gasteiger partial charge is 0.247 e. The van der Waals surface area contributed by atoms with E-state index in [0.717, 1.165) is 50.2 Å². The standard InChI is InChI=1S/C16H26N2O3/c1-12(13(2)20-3)17-16(19)5-4-7-18-8-6-14-10-21-11-15(14)9-18/h4-5,14-15H,6-11H2,1-3H3,(H,17,19). The van der Waals surface area contributed by atoms with Gasteiger partial charge >= 0.3 is 0 Å². The van der Waals surface area contributed by atoms with Crippen molar-refractivity contribution in [3.05, 3.63) is 23.6 Å². The van der Waals surface area contributed by atoms with E-state index in [0.29, 0.717) is 5.92 Å². The van der Waals surface area contributed by atoms with Crippen LogP contribution in [0.5, 0.6) is 0 Å². The second kappa shape index (κ2) is 7.61. The van der Waals surface area contributed by atoms with E-state index in [-0.39, 0.29) is 5.91 Å². The molecule has 2 heterocycles. The number of hydrogen-bond donors (Lipinski definition) is 1. The first-order valence-corrected chi connectivity index (χ1v) is 7.59. The van der Waals surface area contributed by atoms with Gasteiger partial charge in [-0.25, -0.2) is 0 Å². The Morgan fingerprint density at radius 2 is 2.14 bits per heavy atom. The third kappa shape index (κ3) is 4.58. The summed E-state index contributed by atoms with van der Waals surface area (Å²) in [7, 11) is 1.59. The molecule has 0 aromatic carbocycles. The number of nitrogens with zero attached hydrogens (tertiary/aromatic N) is 1. The number of piperidine rings is 1. The van der Waals surface area contributed by atoms with Gasteiger partial charge in [0.1, 0.15) is 5.76 Å². The van der Waals surface area contributed by atoms with Crippen molar-refractivity contribution in [1.29, 1.82) is 0 Å². The molecule has 5 heteroatoms. The van der Waals surface area contributed by atoms with Gasteiger partial charge in [-0.1, -0.05) is 6.08 Å². The molecule has 1 N–H and O–H groups in total. The lowest BCUT2D eigenvalue weighted by molar-refractivity contribution is -0.115. The maximum Gasteiger partial charge on any atom is 0.247 e. The molecule has 0 aliphatic carbocycles. The van der Waals surface area contributed by atoms with Crippen LogP contribution in [0.25, 0.3) is 0 Å². The van der Waals surface area contributed by atoms with E-state index in [1.807, 2.05) is 19.9 Å². The van der Waals surface area contributed by atoms with E-state index in [4.69, 9.17) is 9.47 Å². The van der Waals surface area contributed by atoms with E-state index in [1.165, 1.54) is 6.42 Å². The zero-order valence-electron chi connectivity index (χ0n) is 13.2. The summed E-state index contributed by atoms with van der Waals surface area (Å²) in [5, 5.41) is 2.80. The predicted molar refractivity (Wildman–Crippen MR) is 81.5 cm³/mol. The Bertz CT molecular complexity index is 431. The Kier molecular flexibility index (Phi) is 5.82. The lowest BCUT2D eigenvalue weighted by Gasteiger charge is -2.33. The van der Waals surface area contributed by atoms with Crippen LogP contribution >= 0.6 is 0 Å². The Labute approximate surface area is 127 Å². The summed E-state index contributed by atoms with van der Waals surface area (Å²) in [5.74, 6) is 2.04. The van der Waals surface area contributed by atoms with Crippen molar-refractivity contribution in [2.24, 2.45) is 11.8 Å². The fourth-order valence-corrected chi connectivity index (χ4v) is 2.88. The Morgan fingerprint density at radius 1 is 1.38 bits per heavy atom. The normalized spacial score (nSPS) is 27.4. The van der Waals surface area contributed by atoms with Gasteiger partial charge in [-0.3, -0.25) is 9.69 Å². The summed E-state index contributed by atoms with van der Waals surface area (Å²) in [4.78, 5) is 14.2. The molecule has 0 spiro atoms. The second-order valence-electron chi connectivity index (χ2n) is 5.88. The summed E-state index contributed by atoms with van der Waals surface area (Å²) < 4.78 is 10.6. The van der Waals surface area contributed by atoms with Gasteiger partial charge in [-0.2, -0.15) is 0 Å². The summed E-state index contributed by atoms with van der Waals surface area (Å²) in [6.07, 6.45) is 4.74. The molecule has 0 bridgehead atoms. The molecule has 0 aromatic heterocycles. The molecule has 118 valence electrons. The first-order chi connectivity index (χ1) is 10.1. The van der Waals surface area contributed by atoms with Crippen LogP contribution in [-0.2, 0) is 14.3 Å². The minimum Gasteiger partial charge on any atom is -0.500 e. The number of carbonyl (C=O) groups excluding carboxylic acids is 1. The number of carbonyl (C=O) groups is 1. The van der Waals surface area contributed by atoms with Crippen LogP contribution in [0.4, 0.5) is 0 Å². The predicted octanol–water partition coefficient (Wildman–Crippen LogP) is 1.52. The van der Waals surface area contributed by atoms with Crippen molar-refractivity contribution in [2.75, 3.05) is 40.0 Å². The number of allylic oxidation sites excluding steroid dienone is 2. The summed E-state index contributed by atoms with van der Waals surface area (Å²) in [5.41, 5.74) is 0.746. The first-order valence-electron chi connectivity index (χ1n) is 7.59. The molecule has 21 heavy (non-hydrogen) atoms. The van der Waals surface area contributed by atoms with Gasteiger partial charge in [0.25, 0.3) is 0 Å². The van der Waals surface area contributed by atoms with Crippen molar-refractivity contribution in [2.45, 2.75) is 20.3 Å². The molecular weight excluding hydrogens is 268 g/mol. The maximum atomic E-state index is 11.8. The third-order valence-electron chi connectivity index (χ3n) is 4.42. The summed E-state index contributed by atoms with van der Waals surface area (Å²) in [6.45, 7) is 8.48. The van der Waals surface area contributed by atoms with Crippen molar-refractivity contribution in [3.63, 3.8) is 0 Å². The highest BCUT2D eigenvalue weighted by molar-refractivity contribution is 5.88. The van der Waals surface area contributed by atoms with E-state index >= 15 is 0 Å². The molecule has 2 rings (SSSR count). The molecule has 5 nitrogen and oxygen atoms in total. The first kappa shape index (κ1) is 16.0. The Morgan fingerprint density at radius 3 is 2.90 bits per heavy atom. The highest BCUT2D eigenvalue weighted by Gasteiger charge is 2.33. The number of likely N-dealkylation sites (tertiary alicyclic amines) is 1. The lowest BCUT2D eigenvalue weighted by atomic mass is 9.89. The van der Waals surface area contributed by atoms with Gasteiger partial charge in [0.15, 0.2) is 0 Å². The quantitative estimate of drug-likeness (QED) is 0.617. The number of methoxy groups -OCH3 is 1. The number of rotatable bonds is 5. The molecule has 2 saturated heterocycles. The van der Waals surface area contributed by atoms with Crippen LogP contribution in [-0.4, -0.2) is 50.8 Å². The zero-order chi connectivity index (χ0) is 15.2. The van der Waals surface area contributed by atoms with Gasteiger partial charge in [-0.05, 0) is 32.7 Å². The molecule has 2 aliphatic heterocycles. The molecule has 0 saturated carbocycles.